The Labute approximate surface area is 243 Å². The van der Waals surface area contributed by atoms with Crippen LogP contribution in [-0.2, 0) is 0 Å². The summed E-state index contributed by atoms with van der Waals surface area (Å²) in [4.78, 5) is 27.6. The van der Waals surface area contributed by atoms with Gasteiger partial charge < -0.3 is 19.6 Å². The molecule has 2 aliphatic heterocycles. The van der Waals surface area contributed by atoms with E-state index in [4.69, 9.17) is 9.97 Å². The van der Waals surface area contributed by atoms with E-state index in [0.29, 0.717) is 31.1 Å². The summed E-state index contributed by atoms with van der Waals surface area (Å²) >= 11 is 0. The maximum atomic E-state index is 4.75. The number of hydrogen-bond acceptors (Lipinski definition) is 8. The van der Waals surface area contributed by atoms with Gasteiger partial charge in [-0.05, 0) is 63.8 Å². The molecular weight excluding hydrogens is 508 g/mol. The van der Waals surface area contributed by atoms with E-state index in [0.717, 1.165) is 34.6 Å². The molecule has 6 rings (SSSR count). The minimum absolute atomic E-state index is 0.377. The third-order valence-corrected chi connectivity index (χ3v) is 8.21. The van der Waals surface area contributed by atoms with Gasteiger partial charge in [-0.15, -0.1) is 0 Å². The molecule has 4 aromatic rings. The van der Waals surface area contributed by atoms with E-state index in [-0.39, 0.29) is 0 Å². The van der Waals surface area contributed by atoms with Gasteiger partial charge in [0.2, 0.25) is 0 Å². The number of anilines is 6. The van der Waals surface area contributed by atoms with Crippen molar-refractivity contribution >= 4 is 34.6 Å². The number of aromatic nitrogens is 4. The molecule has 0 saturated carbocycles. The second-order valence-corrected chi connectivity index (χ2v) is 12.2. The molecule has 0 radical (unpaired) electrons. The summed E-state index contributed by atoms with van der Waals surface area (Å²) in [6.07, 6.45) is 7.07. The van der Waals surface area contributed by atoms with Crippen molar-refractivity contribution in [3.05, 3.63) is 71.8 Å². The number of hydrogen-bond donors (Lipinski definition) is 0. The van der Waals surface area contributed by atoms with Crippen LogP contribution in [0.25, 0.3) is 11.1 Å². The Balaban J connectivity index is 1.61. The minimum atomic E-state index is 0.377. The lowest BCUT2D eigenvalue weighted by atomic mass is 9.81. The summed E-state index contributed by atoms with van der Waals surface area (Å²) in [5, 5.41) is 0. The molecule has 0 aliphatic carbocycles. The Morgan fingerprint density at radius 2 is 0.951 bits per heavy atom. The van der Waals surface area contributed by atoms with Crippen molar-refractivity contribution in [1.29, 1.82) is 0 Å². The summed E-state index contributed by atoms with van der Waals surface area (Å²) in [7, 11) is 4.13. The lowest BCUT2D eigenvalue weighted by molar-refractivity contribution is 0.807. The molecule has 2 aromatic heterocycles. The SMILES string of the molecule is CC(C)c1cc(C(C)C)c(-c2cc(N3CN(C)c4nccnc43)cc(N3CN(C)c4nccnc43)c2)c(C(C)C)c1. The number of rotatable bonds is 6. The Morgan fingerprint density at radius 3 is 1.34 bits per heavy atom. The third-order valence-electron chi connectivity index (χ3n) is 8.21. The molecule has 2 aromatic carbocycles. The summed E-state index contributed by atoms with van der Waals surface area (Å²) in [5.41, 5.74) is 8.89. The standard InChI is InChI=1S/C33H40N8/c1-20(2)23-15-27(21(3)4)29(28(16-23)22(5)6)24-13-25(40-18-38(7)30-32(40)36-11-9-34-30)17-26(14-24)41-19-39(8)31-33(41)37-12-10-35-31/h9-17,20-22H,18-19H2,1-8H3. The van der Waals surface area contributed by atoms with Gasteiger partial charge in [-0.2, -0.15) is 0 Å². The molecule has 2 aliphatic rings. The van der Waals surface area contributed by atoms with E-state index in [1.54, 1.807) is 24.8 Å². The zero-order chi connectivity index (χ0) is 29.0. The number of benzene rings is 2. The van der Waals surface area contributed by atoms with Crippen LogP contribution < -0.4 is 19.6 Å². The maximum absolute atomic E-state index is 4.75. The molecule has 4 heterocycles. The summed E-state index contributed by atoms with van der Waals surface area (Å²) in [5.74, 6) is 4.75. The van der Waals surface area contributed by atoms with Crippen molar-refractivity contribution in [2.45, 2.75) is 59.3 Å². The molecule has 8 heteroatoms. The predicted molar refractivity (Wildman–Crippen MR) is 169 cm³/mol. The van der Waals surface area contributed by atoms with Crippen molar-refractivity contribution in [3.8, 4) is 11.1 Å². The largest absolute Gasteiger partial charge is 0.338 e. The Hall–Kier alpha value is -4.20. The van der Waals surface area contributed by atoms with Crippen molar-refractivity contribution in [2.24, 2.45) is 0 Å². The van der Waals surface area contributed by atoms with Gasteiger partial charge in [0.1, 0.15) is 0 Å². The van der Waals surface area contributed by atoms with Crippen LogP contribution in [0.15, 0.2) is 55.1 Å². The van der Waals surface area contributed by atoms with E-state index in [9.17, 15) is 0 Å². The molecule has 8 nitrogen and oxygen atoms in total. The molecule has 0 bridgehead atoms. The highest BCUT2D eigenvalue weighted by Gasteiger charge is 2.31. The van der Waals surface area contributed by atoms with Crippen molar-refractivity contribution < 1.29 is 0 Å². The first-order chi connectivity index (χ1) is 19.6. The summed E-state index contributed by atoms with van der Waals surface area (Å²) in [6.45, 7) is 15.2. The van der Waals surface area contributed by atoms with Crippen LogP contribution in [0.2, 0.25) is 0 Å². The normalized spacial score (nSPS) is 14.6. The lowest BCUT2D eigenvalue weighted by Crippen LogP contribution is -2.26. The first-order valence-electron chi connectivity index (χ1n) is 14.6. The summed E-state index contributed by atoms with van der Waals surface area (Å²) in [6, 6.07) is 11.8. The smallest absolute Gasteiger partial charge is 0.178 e. The fourth-order valence-corrected chi connectivity index (χ4v) is 6.01. The fourth-order valence-electron chi connectivity index (χ4n) is 6.01. The Morgan fingerprint density at radius 1 is 0.537 bits per heavy atom. The highest BCUT2D eigenvalue weighted by Crippen LogP contribution is 2.46. The van der Waals surface area contributed by atoms with Gasteiger partial charge in [-0.1, -0.05) is 53.7 Å². The van der Waals surface area contributed by atoms with Crippen LogP contribution >= 0.6 is 0 Å². The molecule has 0 N–H and O–H groups in total. The zero-order valence-electron chi connectivity index (χ0n) is 25.4. The molecular formula is C33H40N8. The van der Waals surface area contributed by atoms with Gasteiger partial charge in [0.25, 0.3) is 0 Å². The number of fused-ring (bicyclic) bond motifs is 2. The van der Waals surface area contributed by atoms with E-state index in [1.807, 2.05) is 0 Å². The summed E-state index contributed by atoms with van der Waals surface area (Å²) < 4.78 is 0. The fraction of sp³-hybridized carbons (Fsp3) is 0.394. The molecule has 0 atom stereocenters. The topological polar surface area (TPSA) is 64.5 Å². The van der Waals surface area contributed by atoms with Gasteiger partial charge in [-0.25, -0.2) is 19.9 Å². The van der Waals surface area contributed by atoms with Crippen molar-refractivity contribution in [1.82, 2.24) is 19.9 Å². The quantitative estimate of drug-likeness (QED) is 0.247. The lowest BCUT2D eigenvalue weighted by Gasteiger charge is -2.27. The van der Waals surface area contributed by atoms with Crippen LogP contribution in [0.1, 0.15) is 76.0 Å². The van der Waals surface area contributed by atoms with E-state index in [1.165, 1.54) is 27.8 Å². The molecule has 0 spiro atoms. The van der Waals surface area contributed by atoms with Crippen LogP contribution in [0.3, 0.4) is 0 Å². The van der Waals surface area contributed by atoms with Crippen molar-refractivity contribution in [2.75, 3.05) is 47.0 Å². The first-order valence-corrected chi connectivity index (χ1v) is 14.6. The Bertz CT molecular complexity index is 1490. The molecule has 0 amide bonds. The van der Waals surface area contributed by atoms with Crippen molar-refractivity contribution in [3.63, 3.8) is 0 Å². The maximum Gasteiger partial charge on any atom is 0.178 e. The van der Waals surface area contributed by atoms with Gasteiger partial charge in [0, 0.05) is 50.3 Å². The zero-order valence-corrected chi connectivity index (χ0v) is 25.4. The first kappa shape index (κ1) is 27.0. The van der Waals surface area contributed by atoms with Gasteiger partial charge in [0.05, 0.1) is 13.3 Å². The predicted octanol–water partition coefficient (Wildman–Crippen LogP) is 7.39. The highest BCUT2D eigenvalue weighted by molar-refractivity contribution is 5.87. The molecule has 41 heavy (non-hydrogen) atoms. The molecule has 0 saturated heterocycles. The molecule has 212 valence electrons. The van der Waals surface area contributed by atoms with Crippen LogP contribution in [0.4, 0.5) is 34.6 Å². The minimum Gasteiger partial charge on any atom is -0.338 e. The molecule has 0 unspecified atom stereocenters. The van der Waals surface area contributed by atoms with Crippen LogP contribution in [0.5, 0.6) is 0 Å². The van der Waals surface area contributed by atoms with E-state index < -0.39 is 0 Å². The van der Waals surface area contributed by atoms with Crippen LogP contribution in [0, 0.1) is 0 Å². The average molecular weight is 549 g/mol. The monoisotopic (exact) mass is 548 g/mol. The van der Waals surface area contributed by atoms with E-state index >= 15 is 0 Å². The number of nitrogens with zero attached hydrogens (tertiary/aromatic N) is 8. The van der Waals surface area contributed by atoms with Crippen LogP contribution in [-0.4, -0.2) is 47.4 Å². The third kappa shape index (κ3) is 4.65. The Kier molecular flexibility index (Phi) is 6.80. The highest BCUT2D eigenvalue weighted by atomic mass is 15.4. The van der Waals surface area contributed by atoms with Gasteiger partial charge in [0.15, 0.2) is 23.3 Å². The van der Waals surface area contributed by atoms with E-state index in [2.05, 4.69) is 116 Å². The van der Waals surface area contributed by atoms with Gasteiger partial charge in [-0.3, -0.25) is 0 Å². The second-order valence-electron chi connectivity index (χ2n) is 12.2. The van der Waals surface area contributed by atoms with Gasteiger partial charge >= 0.3 is 0 Å². The average Bonchev–Trinajstić information content (AvgIpc) is 3.49. The molecule has 0 fully saturated rings. The second kappa shape index (κ2) is 10.3.